The normalized spacial score (nSPS) is 14.7. The van der Waals surface area contributed by atoms with Gasteiger partial charge in [0, 0.05) is 24.3 Å². The number of anilines is 1. The zero-order valence-electron chi connectivity index (χ0n) is 16.7. The molecule has 0 aromatic heterocycles. The highest BCUT2D eigenvalue weighted by Crippen LogP contribution is 2.23. The van der Waals surface area contributed by atoms with Crippen LogP contribution in [0.5, 0.6) is 11.5 Å². The van der Waals surface area contributed by atoms with Crippen LogP contribution in [0.1, 0.15) is 10.4 Å². The molecule has 1 aliphatic rings. The molecule has 0 radical (unpaired) electrons. The number of ether oxygens (including phenoxy) is 2. The molecule has 1 heterocycles. The third-order valence-corrected chi connectivity index (χ3v) is 6.71. The summed E-state index contributed by atoms with van der Waals surface area (Å²) in [5, 5.41) is 2.78. The van der Waals surface area contributed by atoms with E-state index in [1.54, 1.807) is 36.4 Å². The van der Waals surface area contributed by atoms with E-state index in [1.807, 2.05) is 30.3 Å². The second kappa shape index (κ2) is 9.30. The van der Waals surface area contributed by atoms with E-state index in [0.29, 0.717) is 49.1 Å². The number of rotatable bonds is 6. The smallest absolute Gasteiger partial charge is 0.255 e. The number of nitrogens with zero attached hydrogens (tertiary/aromatic N) is 1. The number of para-hydroxylation sites is 1. The number of amides is 1. The van der Waals surface area contributed by atoms with Crippen molar-refractivity contribution in [3.05, 3.63) is 84.4 Å². The standard InChI is InChI=1S/C23H22N2O5S/c26-23(18-5-4-8-21(17-18)30-20-6-2-1-3-7-20)24-19-9-11-22(12-10-19)31(27,28)25-13-15-29-16-14-25/h1-12,17H,13-16H2,(H,24,26). The number of carbonyl (C=O) groups excluding carboxylic acids is 1. The molecule has 1 amide bonds. The lowest BCUT2D eigenvalue weighted by Gasteiger charge is -2.26. The van der Waals surface area contributed by atoms with Crippen molar-refractivity contribution in [2.75, 3.05) is 31.6 Å². The van der Waals surface area contributed by atoms with Crippen LogP contribution in [-0.4, -0.2) is 44.9 Å². The maximum atomic E-state index is 12.7. The monoisotopic (exact) mass is 438 g/mol. The first-order valence-corrected chi connectivity index (χ1v) is 11.3. The van der Waals surface area contributed by atoms with E-state index < -0.39 is 10.0 Å². The predicted molar refractivity (Wildman–Crippen MR) is 117 cm³/mol. The molecule has 8 heteroatoms. The minimum Gasteiger partial charge on any atom is -0.457 e. The molecular formula is C23H22N2O5S. The molecule has 1 N–H and O–H groups in total. The average Bonchev–Trinajstić information content (AvgIpc) is 2.81. The maximum absolute atomic E-state index is 12.7. The number of nitrogens with one attached hydrogen (secondary N) is 1. The first-order chi connectivity index (χ1) is 15.0. The second-order valence-electron chi connectivity index (χ2n) is 6.94. The number of benzene rings is 3. The first kappa shape index (κ1) is 21.0. The molecule has 0 aliphatic carbocycles. The van der Waals surface area contributed by atoms with Crippen molar-refractivity contribution in [1.29, 1.82) is 0 Å². The Hall–Kier alpha value is -3.20. The summed E-state index contributed by atoms with van der Waals surface area (Å²) in [5.74, 6) is 0.908. The van der Waals surface area contributed by atoms with Crippen molar-refractivity contribution in [3.63, 3.8) is 0 Å². The molecule has 0 atom stereocenters. The van der Waals surface area contributed by atoms with Crippen molar-refractivity contribution in [2.24, 2.45) is 0 Å². The molecule has 0 bridgehead atoms. The van der Waals surface area contributed by atoms with Crippen molar-refractivity contribution < 1.29 is 22.7 Å². The third-order valence-electron chi connectivity index (χ3n) is 4.80. The Morgan fingerprint density at radius 1 is 0.871 bits per heavy atom. The van der Waals surface area contributed by atoms with Crippen molar-refractivity contribution >= 4 is 21.6 Å². The summed E-state index contributed by atoms with van der Waals surface area (Å²) < 4.78 is 37.8. The number of morpholine rings is 1. The lowest BCUT2D eigenvalue weighted by Crippen LogP contribution is -2.40. The highest BCUT2D eigenvalue weighted by molar-refractivity contribution is 7.89. The molecule has 1 fully saturated rings. The molecule has 160 valence electrons. The molecule has 3 aromatic carbocycles. The van der Waals surface area contributed by atoms with Crippen molar-refractivity contribution in [2.45, 2.75) is 4.90 Å². The van der Waals surface area contributed by atoms with E-state index in [0.717, 1.165) is 0 Å². The van der Waals surface area contributed by atoms with Crippen LogP contribution in [0.3, 0.4) is 0 Å². The van der Waals surface area contributed by atoms with Gasteiger partial charge in [0.2, 0.25) is 10.0 Å². The summed E-state index contributed by atoms with van der Waals surface area (Å²) in [4.78, 5) is 12.8. The summed E-state index contributed by atoms with van der Waals surface area (Å²) in [7, 11) is -3.57. The topological polar surface area (TPSA) is 84.9 Å². The van der Waals surface area contributed by atoms with Crippen LogP contribution in [0, 0.1) is 0 Å². The van der Waals surface area contributed by atoms with Crippen LogP contribution in [-0.2, 0) is 14.8 Å². The molecule has 7 nitrogen and oxygen atoms in total. The predicted octanol–water partition coefficient (Wildman–Crippen LogP) is 3.75. The highest BCUT2D eigenvalue weighted by Gasteiger charge is 2.26. The Kier molecular flexibility index (Phi) is 6.31. The van der Waals surface area contributed by atoms with E-state index in [2.05, 4.69) is 5.32 Å². The van der Waals surface area contributed by atoms with E-state index >= 15 is 0 Å². The van der Waals surface area contributed by atoms with E-state index in [1.165, 1.54) is 16.4 Å². The van der Waals surface area contributed by atoms with Gasteiger partial charge in [-0.25, -0.2) is 8.42 Å². The van der Waals surface area contributed by atoms with Crippen LogP contribution in [0.25, 0.3) is 0 Å². The second-order valence-corrected chi connectivity index (χ2v) is 8.88. The fourth-order valence-corrected chi connectivity index (χ4v) is 4.58. The maximum Gasteiger partial charge on any atom is 0.255 e. The first-order valence-electron chi connectivity index (χ1n) is 9.85. The van der Waals surface area contributed by atoms with Gasteiger partial charge in [0.1, 0.15) is 11.5 Å². The molecule has 31 heavy (non-hydrogen) atoms. The van der Waals surface area contributed by atoms with Crippen LogP contribution in [0.2, 0.25) is 0 Å². The van der Waals surface area contributed by atoms with Gasteiger partial charge >= 0.3 is 0 Å². The van der Waals surface area contributed by atoms with Gasteiger partial charge in [0.15, 0.2) is 0 Å². The number of sulfonamides is 1. The summed E-state index contributed by atoms with van der Waals surface area (Å²) in [6.45, 7) is 1.45. The molecule has 1 saturated heterocycles. The van der Waals surface area contributed by atoms with Gasteiger partial charge in [0.25, 0.3) is 5.91 Å². The quantitative estimate of drug-likeness (QED) is 0.634. The highest BCUT2D eigenvalue weighted by atomic mass is 32.2. The third kappa shape index (κ3) is 5.11. The summed E-state index contributed by atoms with van der Waals surface area (Å²) in [6, 6.07) is 22.3. The minimum atomic E-state index is -3.57. The van der Waals surface area contributed by atoms with Gasteiger partial charge in [-0.3, -0.25) is 4.79 Å². The lowest BCUT2D eigenvalue weighted by atomic mass is 10.2. The molecule has 0 spiro atoms. The van der Waals surface area contributed by atoms with Gasteiger partial charge in [-0.05, 0) is 54.6 Å². The molecule has 0 unspecified atom stereocenters. The number of carbonyl (C=O) groups is 1. The average molecular weight is 439 g/mol. The van der Waals surface area contributed by atoms with Gasteiger partial charge in [-0.15, -0.1) is 0 Å². The van der Waals surface area contributed by atoms with Gasteiger partial charge in [-0.2, -0.15) is 4.31 Å². The summed E-state index contributed by atoms with van der Waals surface area (Å²) in [6.07, 6.45) is 0. The van der Waals surface area contributed by atoms with Crippen LogP contribution in [0.4, 0.5) is 5.69 Å². The van der Waals surface area contributed by atoms with Gasteiger partial charge in [-0.1, -0.05) is 24.3 Å². The molecular weight excluding hydrogens is 416 g/mol. The van der Waals surface area contributed by atoms with Crippen LogP contribution >= 0.6 is 0 Å². The Labute approximate surface area is 181 Å². The van der Waals surface area contributed by atoms with E-state index in [9.17, 15) is 13.2 Å². The van der Waals surface area contributed by atoms with Gasteiger partial charge in [0.05, 0.1) is 18.1 Å². The van der Waals surface area contributed by atoms with Gasteiger partial charge < -0.3 is 14.8 Å². The lowest BCUT2D eigenvalue weighted by molar-refractivity contribution is 0.0730. The Morgan fingerprint density at radius 3 is 2.26 bits per heavy atom. The zero-order valence-corrected chi connectivity index (χ0v) is 17.5. The Morgan fingerprint density at radius 2 is 1.55 bits per heavy atom. The zero-order chi connectivity index (χ0) is 21.7. The molecule has 3 aromatic rings. The molecule has 1 aliphatic heterocycles. The molecule has 0 saturated carbocycles. The summed E-state index contributed by atoms with van der Waals surface area (Å²) >= 11 is 0. The molecule has 4 rings (SSSR count). The van der Waals surface area contributed by atoms with Crippen molar-refractivity contribution in [1.82, 2.24) is 4.31 Å². The summed E-state index contributed by atoms with van der Waals surface area (Å²) in [5.41, 5.74) is 0.929. The van der Waals surface area contributed by atoms with Crippen LogP contribution in [0.15, 0.2) is 83.8 Å². The fourth-order valence-electron chi connectivity index (χ4n) is 3.17. The fraction of sp³-hybridized carbons (Fsp3) is 0.174. The minimum absolute atomic E-state index is 0.186. The van der Waals surface area contributed by atoms with Crippen LogP contribution < -0.4 is 10.1 Å². The Balaban J connectivity index is 1.43. The van der Waals surface area contributed by atoms with E-state index in [-0.39, 0.29) is 10.8 Å². The number of hydrogen-bond donors (Lipinski definition) is 1. The van der Waals surface area contributed by atoms with Crippen molar-refractivity contribution in [3.8, 4) is 11.5 Å². The van der Waals surface area contributed by atoms with E-state index in [4.69, 9.17) is 9.47 Å². The largest absolute Gasteiger partial charge is 0.457 e. The number of hydrogen-bond acceptors (Lipinski definition) is 5. The SMILES string of the molecule is O=C(Nc1ccc(S(=O)(=O)N2CCOCC2)cc1)c1cccc(Oc2ccccc2)c1. The Bertz CT molecular complexity index is 1140.